The maximum absolute atomic E-state index is 12.5. The van der Waals surface area contributed by atoms with Gasteiger partial charge in [-0.05, 0) is 33.6 Å². The zero-order chi connectivity index (χ0) is 30.2. The molecule has 0 radical (unpaired) electrons. The number of imidazole rings is 1. The number of hydrogen-bond donors (Lipinski definition) is 5. The molecule has 0 aromatic carbocycles. The molecular weight excluding hydrogens is 557 g/mol. The maximum Gasteiger partial charge on any atom is 0.323 e. The van der Waals surface area contributed by atoms with Gasteiger partial charge < -0.3 is 34.9 Å². The summed E-state index contributed by atoms with van der Waals surface area (Å²) in [7, 11) is -1.57. The lowest BCUT2D eigenvalue weighted by Gasteiger charge is -2.32. The summed E-state index contributed by atoms with van der Waals surface area (Å²) in [6, 6.07) is -1.44. The van der Waals surface area contributed by atoms with E-state index in [1.165, 1.54) is 24.1 Å². The number of carbonyl (C=O) groups excluding carboxylic acids is 2. The van der Waals surface area contributed by atoms with Gasteiger partial charge >= 0.3 is 11.9 Å². The van der Waals surface area contributed by atoms with Crippen LogP contribution in [0.25, 0.3) is 11.2 Å². The summed E-state index contributed by atoms with van der Waals surface area (Å²) in [5.41, 5.74) is 6.51. The number of hydrogen-bond acceptors (Lipinski definition) is 14. The Balaban J connectivity index is 1.72. The van der Waals surface area contributed by atoms with Crippen LogP contribution in [0.15, 0.2) is 12.7 Å². The lowest BCUT2D eigenvalue weighted by atomic mass is 10.1. The molecule has 1 fully saturated rings. The SMILES string of the molecule is CCCCOC(=O)[C@H](C)NP(CO[C@@]1(C)O[C@@H](n2cnc3c(N)ncnc32)[C@H](O)[C@@H]1O)N[C@@H](C)C(=O)OCCCC. The quantitative estimate of drug-likeness (QED) is 0.105. The summed E-state index contributed by atoms with van der Waals surface area (Å²) < 4.78 is 24.1. The van der Waals surface area contributed by atoms with Crippen LogP contribution in [-0.4, -0.2) is 91.3 Å². The van der Waals surface area contributed by atoms with Crippen LogP contribution in [0.3, 0.4) is 0 Å². The first-order chi connectivity index (χ1) is 19.5. The standard InChI is InChI=1S/C25H42N7O8P/c1-6-8-10-37-23(35)15(3)30-41(31-16(4)24(36)38-11-9-7-2)14-39-25(5)19(34)18(33)22(40-25)32-13-29-17-20(26)27-12-28-21(17)32/h12-13,15-16,18-19,22,30-31,33-34H,6-11,14H2,1-5H3,(H2,26,27,28)/t15-,16-,18+,19-,22+,25-/m0/s1. The molecule has 1 aliphatic rings. The number of aliphatic hydroxyl groups excluding tert-OH is 2. The summed E-state index contributed by atoms with van der Waals surface area (Å²) >= 11 is 0. The van der Waals surface area contributed by atoms with Gasteiger partial charge in [0.15, 0.2) is 23.5 Å². The van der Waals surface area contributed by atoms with Gasteiger partial charge in [-0.15, -0.1) is 0 Å². The number of carbonyl (C=O) groups is 2. The van der Waals surface area contributed by atoms with Crippen molar-refractivity contribution in [3.63, 3.8) is 0 Å². The molecule has 41 heavy (non-hydrogen) atoms. The van der Waals surface area contributed by atoms with Crippen molar-refractivity contribution >= 4 is 37.1 Å². The van der Waals surface area contributed by atoms with Crippen LogP contribution in [0.2, 0.25) is 0 Å². The van der Waals surface area contributed by atoms with Crippen molar-refractivity contribution < 1.29 is 38.7 Å². The monoisotopic (exact) mass is 599 g/mol. The third kappa shape index (κ3) is 8.28. The van der Waals surface area contributed by atoms with Crippen molar-refractivity contribution in [2.75, 3.05) is 25.3 Å². The van der Waals surface area contributed by atoms with Crippen molar-refractivity contribution in [3.8, 4) is 0 Å². The predicted molar refractivity (Wildman–Crippen MR) is 150 cm³/mol. The molecule has 0 aliphatic carbocycles. The highest BCUT2D eigenvalue weighted by molar-refractivity contribution is 7.53. The van der Waals surface area contributed by atoms with E-state index in [1.807, 2.05) is 13.8 Å². The summed E-state index contributed by atoms with van der Waals surface area (Å²) in [5, 5.41) is 28.1. The largest absolute Gasteiger partial charge is 0.465 e. The van der Waals surface area contributed by atoms with Crippen LogP contribution in [-0.2, 0) is 28.5 Å². The van der Waals surface area contributed by atoms with Crippen LogP contribution >= 0.6 is 8.22 Å². The van der Waals surface area contributed by atoms with Gasteiger partial charge in [0.05, 0.1) is 34.1 Å². The van der Waals surface area contributed by atoms with Crippen molar-refractivity contribution in [2.24, 2.45) is 0 Å². The minimum atomic E-state index is -1.67. The van der Waals surface area contributed by atoms with Gasteiger partial charge in [-0.1, -0.05) is 26.7 Å². The highest BCUT2D eigenvalue weighted by Gasteiger charge is 2.53. The average Bonchev–Trinajstić information content (AvgIpc) is 3.47. The molecule has 16 heteroatoms. The Morgan fingerprint density at radius 1 is 1.10 bits per heavy atom. The first kappa shape index (κ1) is 33.0. The van der Waals surface area contributed by atoms with Gasteiger partial charge in [0.1, 0.15) is 36.1 Å². The molecule has 0 unspecified atom stereocenters. The number of nitrogens with one attached hydrogen (secondary N) is 2. The number of aromatic nitrogens is 4. The molecule has 15 nitrogen and oxygen atoms in total. The molecule has 1 aliphatic heterocycles. The molecule has 3 heterocycles. The summed E-state index contributed by atoms with van der Waals surface area (Å²) in [4.78, 5) is 37.3. The number of nitrogen functional groups attached to an aromatic ring is 1. The minimum Gasteiger partial charge on any atom is -0.465 e. The van der Waals surface area contributed by atoms with Gasteiger partial charge in [0, 0.05) is 0 Å². The Hall–Kier alpha value is -2.52. The molecular formula is C25H42N7O8P. The third-order valence-electron chi connectivity index (χ3n) is 6.54. The Bertz CT molecular complexity index is 1130. The smallest absolute Gasteiger partial charge is 0.323 e. The van der Waals surface area contributed by atoms with Crippen molar-refractivity contribution in [3.05, 3.63) is 12.7 Å². The number of ether oxygens (including phenoxy) is 4. The lowest BCUT2D eigenvalue weighted by Crippen LogP contribution is -2.45. The zero-order valence-corrected chi connectivity index (χ0v) is 25.0. The number of esters is 2. The number of fused-ring (bicyclic) bond motifs is 1. The second-order valence-corrected chi connectivity index (χ2v) is 11.6. The van der Waals surface area contributed by atoms with E-state index in [0.717, 1.165) is 25.7 Å². The molecule has 0 bridgehead atoms. The first-order valence-electron chi connectivity index (χ1n) is 13.8. The maximum atomic E-state index is 12.5. The molecule has 6 atom stereocenters. The van der Waals surface area contributed by atoms with Crippen molar-refractivity contribution in [1.82, 2.24) is 29.7 Å². The third-order valence-corrected chi connectivity index (χ3v) is 8.32. The average molecular weight is 600 g/mol. The highest BCUT2D eigenvalue weighted by atomic mass is 31.1. The lowest BCUT2D eigenvalue weighted by molar-refractivity contribution is -0.246. The van der Waals surface area contributed by atoms with E-state index in [2.05, 4.69) is 25.1 Å². The Kier molecular flexibility index (Phi) is 12.1. The number of nitrogens with two attached hydrogens (primary N) is 1. The molecule has 6 N–H and O–H groups in total. The van der Waals surface area contributed by atoms with Crippen LogP contribution in [0.5, 0.6) is 0 Å². The number of unbranched alkanes of at least 4 members (excludes halogenated alkanes) is 2. The fraction of sp³-hybridized carbons (Fsp3) is 0.720. The van der Waals surface area contributed by atoms with Crippen molar-refractivity contribution in [2.45, 2.75) is 96.6 Å². The Morgan fingerprint density at radius 2 is 1.68 bits per heavy atom. The van der Waals surface area contributed by atoms with E-state index < -0.39 is 56.5 Å². The van der Waals surface area contributed by atoms with E-state index in [-0.39, 0.29) is 12.2 Å². The first-order valence-corrected chi connectivity index (χ1v) is 15.3. The van der Waals surface area contributed by atoms with Gasteiger partial charge in [0.2, 0.25) is 0 Å². The molecule has 0 spiro atoms. The van der Waals surface area contributed by atoms with E-state index in [0.29, 0.717) is 24.4 Å². The Labute approximate surface area is 240 Å². The molecule has 0 amide bonds. The van der Waals surface area contributed by atoms with Crippen molar-refractivity contribution in [1.29, 1.82) is 0 Å². The molecule has 3 rings (SSSR count). The van der Waals surface area contributed by atoms with Crippen LogP contribution in [0, 0.1) is 0 Å². The van der Waals surface area contributed by atoms with Gasteiger partial charge in [0.25, 0.3) is 0 Å². The fourth-order valence-electron chi connectivity index (χ4n) is 4.00. The van der Waals surface area contributed by atoms with Gasteiger partial charge in [-0.25, -0.2) is 15.0 Å². The predicted octanol–water partition coefficient (Wildman–Crippen LogP) is 1.30. The number of nitrogens with zero attached hydrogens (tertiary/aromatic N) is 4. The Morgan fingerprint density at radius 3 is 2.24 bits per heavy atom. The molecule has 2 aromatic rings. The summed E-state index contributed by atoms with van der Waals surface area (Å²) in [5.74, 6) is -2.40. The van der Waals surface area contributed by atoms with E-state index >= 15 is 0 Å². The molecule has 230 valence electrons. The second-order valence-electron chi connectivity index (χ2n) is 9.99. The topological polar surface area (TPSA) is 205 Å². The van der Waals surface area contributed by atoms with E-state index in [4.69, 9.17) is 24.7 Å². The second kappa shape index (κ2) is 15.1. The summed E-state index contributed by atoms with van der Waals surface area (Å²) in [6.07, 6.45) is 1.84. The van der Waals surface area contributed by atoms with Crippen LogP contribution in [0.1, 0.15) is 66.5 Å². The molecule has 2 aromatic heterocycles. The number of rotatable bonds is 16. The van der Waals surface area contributed by atoms with Crippen LogP contribution in [0.4, 0.5) is 5.82 Å². The molecule has 1 saturated heterocycles. The normalized spacial score (nSPS) is 24.0. The van der Waals surface area contributed by atoms with Gasteiger partial charge in [-0.3, -0.25) is 24.3 Å². The molecule has 0 saturated carbocycles. The number of anilines is 1. The van der Waals surface area contributed by atoms with E-state index in [1.54, 1.807) is 13.8 Å². The highest BCUT2D eigenvalue weighted by Crippen LogP contribution is 2.41. The minimum absolute atomic E-state index is 0.110. The van der Waals surface area contributed by atoms with E-state index in [9.17, 15) is 19.8 Å². The fourth-order valence-corrected chi connectivity index (χ4v) is 5.76. The zero-order valence-electron chi connectivity index (χ0n) is 24.1. The van der Waals surface area contributed by atoms with Crippen LogP contribution < -0.4 is 15.9 Å². The van der Waals surface area contributed by atoms with Gasteiger partial charge in [-0.2, -0.15) is 0 Å². The summed E-state index contributed by atoms with van der Waals surface area (Å²) in [6.45, 7) is 9.39. The number of aliphatic hydroxyl groups is 2.